The summed E-state index contributed by atoms with van der Waals surface area (Å²) in [6, 6.07) is 3.39. The normalized spacial score (nSPS) is 10.4. The molecule has 0 aliphatic carbocycles. The first-order chi connectivity index (χ1) is 7.72. The van der Waals surface area contributed by atoms with E-state index in [1.807, 2.05) is 0 Å². The van der Waals surface area contributed by atoms with E-state index in [0.717, 1.165) is 4.70 Å². The van der Waals surface area contributed by atoms with Gasteiger partial charge in [0.1, 0.15) is 5.52 Å². The number of hydrogen-bond donors (Lipinski definition) is 0. The van der Waals surface area contributed by atoms with Gasteiger partial charge in [0.15, 0.2) is 5.75 Å². The highest BCUT2D eigenvalue weighted by molar-refractivity contribution is 7.13. The zero-order valence-corrected chi connectivity index (χ0v) is 9.84. The molecule has 0 N–H and O–H groups in total. The van der Waals surface area contributed by atoms with E-state index in [4.69, 9.17) is 16.3 Å². The van der Waals surface area contributed by atoms with Gasteiger partial charge in [-0.05, 0) is 30.6 Å². The molecule has 1 heterocycles. The molecule has 2 rings (SSSR count). The molecule has 0 amide bonds. The summed E-state index contributed by atoms with van der Waals surface area (Å²) in [5, 5.41) is 4.14. The largest absolute Gasteiger partial charge is 0.513 e. The van der Waals surface area contributed by atoms with Gasteiger partial charge in [-0.2, -0.15) is 0 Å². The lowest BCUT2D eigenvalue weighted by Crippen LogP contribution is -2.10. The van der Waals surface area contributed by atoms with Crippen LogP contribution in [0.3, 0.4) is 0 Å². The number of hydrogen-bond acceptors (Lipinski definition) is 6. The van der Waals surface area contributed by atoms with E-state index < -0.39 is 6.16 Å². The summed E-state index contributed by atoms with van der Waals surface area (Å²) < 4.78 is 14.2. The van der Waals surface area contributed by atoms with Gasteiger partial charge in [0.25, 0.3) is 0 Å². The number of carbonyl (C=O) groups is 1. The number of ether oxygens (including phenoxy) is 2. The predicted molar refractivity (Wildman–Crippen MR) is 60.1 cm³/mol. The van der Waals surface area contributed by atoms with Crippen molar-refractivity contribution < 1.29 is 14.3 Å². The van der Waals surface area contributed by atoms with Gasteiger partial charge < -0.3 is 9.47 Å². The van der Waals surface area contributed by atoms with Gasteiger partial charge in [0.05, 0.1) is 16.3 Å². The fourth-order valence-corrected chi connectivity index (χ4v) is 1.88. The van der Waals surface area contributed by atoms with Gasteiger partial charge in [-0.25, -0.2) is 4.79 Å². The maximum Gasteiger partial charge on any atom is 0.513 e. The highest BCUT2D eigenvalue weighted by Gasteiger charge is 2.15. The van der Waals surface area contributed by atoms with Crippen LogP contribution in [0.5, 0.6) is 5.75 Å². The van der Waals surface area contributed by atoms with Gasteiger partial charge in [0.2, 0.25) is 0 Å². The van der Waals surface area contributed by atoms with E-state index in [2.05, 4.69) is 14.3 Å². The molecule has 1 aromatic carbocycles. The van der Waals surface area contributed by atoms with Gasteiger partial charge >= 0.3 is 6.16 Å². The maximum atomic E-state index is 11.2. The number of fused-ring (bicyclic) bond motifs is 1. The molecule has 84 valence electrons. The first kappa shape index (κ1) is 11.1. The molecule has 0 spiro atoms. The van der Waals surface area contributed by atoms with Crippen molar-refractivity contribution in [1.29, 1.82) is 0 Å². The summed E-state index contributed by atoms with van der Waals surface area (Å²) in [7, 11) is 0. The smallest absolute Gasteiger partial charge is 0.434 e. The van der Waals surface area contributed by atoms with Gasteiger partial charge in [0, 0.05) is 0 Å². The Bertz CT molecular complexity index is 528. The zero-order valence-electron chi connectivity index (χ0n) is 8.27. The minimum absolute atomic E-state index is 0.186. The molecule has 0 atom stereocenters. The van der Waals surface area contributed by atoms with Gasteiger partial charge in [-0.15, -0.1) is 5.10 Å². The van der Waals surface area contributed by atoms with E-state index >= 15 is 0 Å². The van der Waals surface area contributed by atoms with E-state index in [-0.39, 0.29) is 12.4 Å². The minimum atomic E-state index is -0.801. The summed E-state index contributed by atoms with van der Waals surface area (Å²) in [6.07, 6.45) is -0.801. The Morgan fingerprint density at radius 3 is 3.12 bits per heavy atom. The molecule has 5 nitrogen and oxygen atoms in total. The third-order valence-electron chi connectivity index (χ3n) is 1.77. The molecule has 0 aliphatic rings. The Hall–Kier alpha value is -1.40. The molecule has 0 saturated carbocycles. The molecular weight excluding hydrogens is 252 g/mol. The number of benzene rings is 1. The van der Waals surface area contributed by atoms with Gasteiger partial charge in [-0.1, -0.05) is 16.1 Å². The molecule has 1 aromatic heterocycles. The Kier molecular flexibility index (Phi) is 3.21. The topological polar surface area (TPSA) is 61.3 Å². The fraction of sp³-hybridized carbons (Fsp3) is 0.222. The molecule has 0 unspecified atom stereocenters. The van der Waals surface area contributed by atoms with Crippen LogP contribution in [0.15, 0.2) is 12.1 Å². The third-order valence-corrected chi connectivity index (χ3v) is 2.76. The van der Waals surface area contributed by atoms with Crippen molar-refractivity contribution in [2.24, 2.45) is 0 Å². The van der Waals surface area contributed by atoms with Crippen LogP contribution in [-0.4, -0.2) is 22.3 Å². The van der Waals surface area contributed by atoms with Crippen LogP contribution in [0, 0.1) is 0 Å². The van der Waals surface area contributed by atoms with Crippen LogP contribution in [0.4, 0.5) is 4.79 Å². The lowest BCUT2D eigenvalue weighted by Gasteiger charge is -2.05. The van der Waals surface area contributed by atoms with Crippen LogP contribution in [0.1, 0.15) is 6.92 Å². The number of aromatic nitrogens is 2. The first-order valence-electron chi connectivity index (χ1n) is 4.47. The Balaban J connectivity index is 2.38. The van der Waals surface area contributed by atoms with Crippen molar-refractivity contribution >= 4 is 39.5 Å². The van der Waals surface area contributed by atoms with E-state index in [9.17, 15) is 4.79 Å². The monoisotopic (exact) mass is 258 g/mol. The van der Waals surface area contributed by atoms with Crippen molar-refractivity contribution in [2.75, 3.05) is 6.61 Å². The van der Waals surface area contributed by atoms with Crippen molar-refractivity contribution in [2.45, 2.75) is 6.92 Å². The highest BCUT2D eigenvalue weighted by Crippen LogP contribution is 2.33. The minimum Gasteiger partial charge on any atom is -0.434 e. The van der Waals surface area contributed by atoms with E-state index in [1.54, 1.807) is 19.1 Å². The molecule has 0 aliphatic heterocycles. The number of carbonyl (C=O) groups excluding carboxylic acids is 1. The van der Waals surface area contributed by atoms with Crippen LogP contribution < -0.4 is 4.74 Å². The lowest BCUT2D eigenvalue weighted by atomic mass is 10.3. The van der Waals surface area contributed by atoms with Crippen molar-refractivity contribution in [3.63, 3.8) is 0 Å². The van der Waals surface area contributed by atoms with Crippen LogP contribution in [-0.2, 0) is 4.74 Å². The van der Waals surface area contributed by atoms with Crippen molar-refractivity contribution in [3.8, 4) is 5.75 Å². The standard InChI is InChI=1S/C9H7ClN2O3S/c1-2-14-9(13)15-8-5(10)3-4-6-7(8)11-12-16-6/h3-4H,2H2,1H3. The summed E-state index contributed by atoms with van der Waals surface area (Å²) in [5.41, 5.74) is 0.463. The van der Waals surface area contributed by atoms with Crippen LogP contribution in [0.2, 0.25) is 5.02 Å². The zero-order chi connectivity index (χ0) is 11.5. The average molecular weight is 259 g/mol. The second-order valence-corrected chi connectivity index (χ2v) is 3.97. The van der Waals surface area contributed by atoms with Crippen LogP contribution >= 0.6 is 23.1 Å². The summed E-state index contributed by atoms with van der Waals surface area (Å²) in [5.74, 6) is 0.186. The SMILES string of the molecule is CCOC(=O)Oc1c(Cl)ccc2snnc12. The molecule has 7 heteroatoms. The Labute approximate surface area is 100 Å². The first-order valence-corrected chi connectivity index (χ1v) is 5.62. The predicted octanol–water partition coefficient (Wildman–Crippen LogP) is 2.88. The summed E-state index contributed by atoms with van der Waals surface area (Å²) in [4.78, 5) is 11.2. The lowest BCUT2D eigenvalue weighted by molar-refractivity contribution is 0.105. The van der Waals surface area contributed by atoms with E-state index in [0.29, 0.717) is 10.5 Å². The molecule has 0 radical (unpaired) electrons. The highest BCUT2D eigenvalue weighted by atomic mass is 35.5. The van der Waals surface area contributed by atoms with Crippen molar-refractivity contribution in [3.05, 3.63) is 17.2 Å². The third kappa shape index (κ3) is 2.07. The molecular formula is C9H7ClN2O3S. The summed E-state index contributed by atoms with van der Waals surface area (Å²) in [6.45, 7) is 1.93. The maximum absolute atomic E-state index is 11.2. The number of rotatable bonds is 2. The molecule has 0 bridgehead atoms. The summed E-state index contributed by atoms with van der Waals surface area (Å²) >= 11 is 7.11. The fourth-order valence-electron chi connectivity index (χ4n) is 1.13. The average Bonchev–Trinajstić information content (AvgIpc) is 2.71. The number of nitrogens with zero attached hydrogens (tertiary/aromatic N) is 2. The van der Waals surface area contributed by atoms with E-state index in [1.165, 1.54) is 11.5 Å². The Morgan fingerprint density at radius 2 is 2.38 bits per heavy atom. The Morgan fingerprint density at radius 1 is 1.56 bits per heavy atom. The molecule has 0 saturated heterocycles. The second-order valence-electron chi connectivity index (χ2n) is 2.78. The molecule has 0 fully saturated rings. The van der Waals surface area contributed by atoms with Gasteiger partial charge in [-0.3, -0.25) is 0 Å². The van der Waals surface area contributed by atoms with Crippen LogP contribution in [0.25, 0.3) is 10.2 Å². The molecule has 16 heavy (non-hydrogen) atoms. The molecule has 2 aromatic rings. The second kappa shape index (κ2) is 4.63. The quantitative estimate of drug-likeness (QED) is 0.612. The van der Waals surface area contributed by atoms with Crippen molar-refractivity contribution in [1.82, 2.24) is 9.59 Å². The number of halogens is 1.